The maximum atomic E-state index is 12.1. The minimum Gasteiger partial charge on any atom is -0.476 e. The number of hydrogen-bond donors (Lipinski definition) is 2. The molecule has 0 saturated heterocycles. The van der Waals surface area contributed by atoms with E-state index in [1.54, 1.807) is 0 Å². The van der Waals surface area contributed by atoms with Gasteiger partial charge in [-0.1, -0.05) is 13.3 Å². The Labute approximate surface area is 111 Å². The SMILES string of the molecule is CCCCS(=O)(=O)N1CCc2c(C(=O)O)n[nH]c2C1. The predicted molar refractivity (Wildman–Crippen MR) is 68.4 cm³/mol. The molecule has 0 atom stereocenters. The topological polar surface area (TPSA) is 103 Å². The molecule has 0 saturated carbocycles. The highest BCUT2D eigenvalue weighted by molar-refractivity contribution is 7.89. The van der Waals surface area contributed by atoms with Gasteiger partial charge in [0, 0.05) is 12.1 Å². The van der Waals surface area contributed by atoms with E-state index in [2.05, 4.69) is 10.2 Å². The van der Waals surface area contributed by atoms with Gasteiger partial charge in [-0.25, -0.2) is 13.2 Å². The summed E-state index contributed by atoms with van der Waals surface area (Å²) in [6, 6.07) is 0. The molecule has 0 radical (unpaired) electrons. The number of hydrogen-bond acceptors (Lipinski definition) is 4. The van der Waals surface area contributed by atoms with Crippen LogP contribution in [-0.4, -0.2) is 46.3 Å². The number of aromatic carboxylic acids is 1. The van der Waals surface area contributed by atoms with E-state index in [0.717, 1.165) is 6.42 Å². The van der Waals surface area contributed by atoms with Crippen LogP contribution in [0, 0.1) is 0 Å². The quantitative estimate of drug-likeness (QED) is 0.825. The van der Waals surface area contributed by atoms with E-state index in [0.29, 0.717) is 30.6 Å². The Kier molecular flexibility index (Phi) is 3.91. The molecule has 2 N–H and O–H groups in total. The zero-order valence-corrected chi connectivity index (χ0v) is 11.5. The summed E-state index contributed by atoms with van der Waals surface area (Å²) in [6.45, 7) is 2.44. The Morgan fingerprint density at radius 3 is 2.89 bits per heavy atom. The fourth-order valence-electron chi connectivity index (χ4n) is 2.16. The molecule has 1 aliphatic rings. The second kappa shape index (κ2) is 5.30. The molecule has 0 unspecified atom stereocenters. The van der Waals surface area contributed by atoms with Gasteiger partial charge in [0.25, 0.3) is 0 Å². The summed E-state index contributed by atoms with van der Waals surface area (Å²) in [5.41, 5.74) is 1.21. The third-order valence-corrected chi connectivity index (χ3v) is 5.15. The highest BCUT2D eigenvalue weighted by Gasteiger charge is 2.30. The lowest BCUT2D eigenvalue weighted by Gasteiger charge is -2.25. The molecule has 0 fully saturated rings. The number of nitrogens with one attached hydrogen (secondary N) is 1. The first-order chi connectivity index (χ1) is 8.95. The monoisotopic (exact) mass is 287 g/mol. The van der Waals surface area contributed by atoms with Crippen molar-refractivity contribution in [1.29, 1.82) is 0 Å². The second-order valence-electron chi connectivity index (χ2n) is 4.59. The number of nitrogens with zero attached hydrogens (tertiary/aromatic N) is 2. The summed E-state index contributed by atoms with van der Waals surface area (Å²) in [7, 11) is -3.26. The van der Waals surface area contributed by atoms with Crippen molar-refractivity contribution in [2.45, 2.75) is 32.7 Å². The van der Waals surface area contributed by atoms with E-state index < -0.39 is 16.0 Å². The van der Waals surface area contributed by atoms with Gasteiger partial charge < -0.3 is 5.11 Å². The lowest BCUT2D eigenvalue weighted by molar-refractivity contribution is 0.0689. The van der Waals surface area contributed by atoms with Crippen molar-refractivity contribution in [3.8, 4) is 0 Å². The molecule has 7 nitrogen and oxygen atoms in total. The summed E-state index contributed by atoms with van der Waals surface area (Å²) in [6.07, 6.45) is 1.85. The maximum absolute atomic E-state index is 12.1. The molecule has 1 aliphatic heterocycles. The zero-order chi connectivity index (χ0) is 14.0. The largest absolute Gasteiger partial charge is 0.476 e. The van der Waals surface area contributed by atoms with Crippen LogP contribution in [0.25, 0.3) is 0 Å². The molecule has 19 heavy (non-hydrogen) atoms. The molecule has 0 spiro atoms. The fraction of sp³-hybridized carbons (Fsp3) is 0.636. The Morgan fingerprint density at radius 2 is 2.26 bits per heavy atom. The van der Waals surface area contributed by atoms with Gasteiger partial charge in [0.1, 0.15) is 0 Å². The fourth-order valence-corrected chi connectivity index (χ4v) is 3.77. The number of H-pyrrole nitrogens is 1. The Balaban J connectivity index is 2.17. The van der Waals surface area contributed by atoms with Crippen LogP contribution in [0.4, 0.5) is 0 Å². The van der Waals surface area contributed by atoms with E-state index >= 15 is 0 Å². The van der Waals surface area contributed by atoms with Crippen molar-refractivity contribution >= 4 is 16.0 Å². The highest BCUT2D eigenvalue weighted by Crippen LogP contribution is 2.22. The molecular formula is C11H17N3O4S. The maximum Gasteiger partial charge on any atom is 0.356 e. The smallest absolute Gasteiger partial charge is 0.356 e. The van der Waals surface area contributed by atoms with Crippen molar-refractivity contribution in [2.75, 3.05) is 12.3 Å². The first kappa shape index (κ1) is 14.0. The number of carboxylic acids is 1. The van der Waals surface area contributed by atoms with Crippen LogP contribution >= 0.6 is 0 Å². The predicted octanol–water partition coefficient (Wildman–Crippen LogP) is 0.596. The molecule has 2 rings (SSSR count). The van der Waals surface area contributed by atoms with Gasteiger partial charge >= 0.3 is 5.97 Å². The minimum absolute atomic E-state index is 0.000561. The van der Waals surface area contributed by atoms with E-state index in [1.165, 1.54) is 4.31 Å². The number of rotatable bonds is 5. The van der Waals surface area contributed by atoms with Crippen LogP contribution in [0.5, 0.6) is 0 Å². The molecule has 106 valence electrons. The number of aromatic nitrogens is 2. The van der Waals surface area contributed by atoms with Crippen LogP contribution < -0.4 is 0 Å². The van der Waals surface area contributed by atoms with Gasteiger partial charge in [0.05, 0.1) is 18.0 Å². The van der Waals surface area contributed by atoms with Gasteiger partial charge in [0.2, 0.25) is 10.0 Å². The van der Waals surface area contributed by atoms with E-state index in [4.69, 9.17) is 5.11 Å². The number of unbranched alkanes of at least 4 members (excludes halogenated alkanes) is 1. The molecule has 0 amide bonds. The minimum atomic E-state index is -3.26. The first-order valence-electron chi connectivity index (χ1n) is 6.23. The zero-order valence-electron chi connectivity index (χ0n) is 10.7. The van der Waals surface area contributed by atoms with Gasteiger partial charge in [-0.2, -0.15) is 9.40 Å². The van der Waals surface area contributed by atoms with Gasteiger partial charge in [-0.3, -0.25) is 5.10 Å². The molecule has 0 aromatic carbocycles. The molecule has 1 aromatic rings. The van der Waals surface area contributed by atoms with Gasteiger partial charge in [-0.15, -0.1) is 0 Å². The van der Waals surface area contributed by atoms with Crippen LogP contribution in [0.3, 0.4) is 0 Å². The van der Waals surface area contributed by atoms with Crippen LogP contribution in [0.15, 0.2) is 0 Å². The van der Waals surface area contributed by atoms with Crippen molar-refractivity contribution in [3.05, 3.63) is 17.0 Å². The Bertz CT molecular complexity index is 579. The van der Waals surface area contributed by atoms with Gasteiger partial charge in [-0.05, 0) is 12.8 Å². The third kappa shape index (κ3) is 2.79. The summed E-state index contributed by atoms with van der Waals surface area (Å²) < 4.78 is 25.5. The van der Waals surface area contributed by atoms with Crippen LogP contribution in [0.2, 0.25) is 0 Å². The van der Waals surface area contributed by atoms with Crippen molar-refractivity contribution in [1.82, 2.24) is 14.5 Å². The lowest BCUT2D eigenvalue weighted by Crippen LogP contribution is -2.37. The van der Waals surface area contributed by atoms with Crippen molar-refractivity contribution in [3.63, 3.8) is 0 Å². The van der Waals surface area contributed by atoms with Crippen molar-refractivity contribution < 1.29 is 18.3 Å². The van der Waals surface area contributed by atoms with E-state index in [1.807, 2.05) is 6.92 Å². The second-order valence-corrected chi connectivity index (χ2v) is 6.68. The molecule has 0 bridgehead atoms. The number of fused-ring (bicyclic) bond motifs is 1. The van der Waals surface area contributed by atoms with E-state index in [-0.39, 0.29) is 18.0 Å². The number of sulfonamides is 1. The normalized spacial score (nSPS) is 16.3. The average Bonchev–Trinajstić information content (AvgIpc) is 2.79. The number of aromatic amines is 1. The standard InChI is InChI=1S/C11H17N3O4S/c1-2-3-6-19(17,18)14-5-4-8-9(7-14)12-13-10(8)11(15)16/h2-7H2,1H3,(H,12,13)(H,15,16). The first-order valence-corrected chi connectivity index (χ1v) is 7.84. The lowest BCUT2D eigenvalue weighted by atomic mass is 10.1. The number of carboxylic acid groups (broad SMARTS) is 1. The van der Waals surface area contributed by atoms with Crippen LogP contribution in [-0.2, 0) is 23.0 Å². The van der Waals surface area contributed by atoms with Crippen LogP contribution in [0.1, 0.15) is 41.5 Å². The van der Waals surface area contributed by atoms with Crippen molar-refractivity contribution in [2.24, 2.45) is 0 Å². The molecular weight excluding hydrogens is 270 g/mol. The molecule has 8 heteroatoms. The average molecular weight is 287 g/mol. The molecule has 0 aliphatic carbocycles. The highest BCUT2D eigenvalue weighted by atomic mass is 32.2. The summed E-state index contributed by atoms with van der Waals surface area (Å²) >= 11 is 0. The molecule has 1 aromatic heterocycles. The Morgan fingerprint density at radius 1 is 1.53 bits per heavy atom. The number of carbonyl (C=O) groups is 1. The summed E-state index contributed by atoms with van der Waals surface area (Å²) in [5.74, 6) is -0.946. The summed E-state index contributed by atoms with van der Waals surface area (Å²) in [4.78, 5) is 10.9. The summed E-state index contributed by atoms with van der Waals surface area (Å²) in [5, 5.41) is 15.3. The third-order valence-electron chi connectivity index (χ3n) is 3.25. The Hall–Kier alpha value is -1.41. The van der Waals surface area contributed by atoms with E-state index in [9.17, 15) is 13.2 Å². The van der Waals surface area contributed by atoms with Gasteiger partial charge in [0.15, 0.2) is 5.69 Å². The molecule has 2 heterocycles.